The van der Waals surface area contributed by atoms with Crippen LogP contribution in [0.1, 0.15) is 19.3 Å². The van der Waals surface area contributed by atoms with Crippen molar-refractivity contribution in [1.82, 2.24) is 10.2 Å². The number of ether oxygens (including phenoxy) is 1. The third-order valence-electron chi connectivity index (χ3n) is 2.76. The Labute approximate surface area is 102 Å². The molecule has 1 aliphatic rings. The number of piperidine rings is 1. The van der Waals surface area contributed by atoms with Gasteiger partial charge in [0.25, 0.3) is 0 Å². The summed E-state index contributed by atoms with van der Waals surface area (Å²) in [4.78, 5) is 25.1. The topological polar surface area (TPSA) is 58.6 Å². The lowest BCUT2D eigenvalue weighted by Crippen LogP contribution is -2.51. The Hall–Kier alpha value is -1.36. The lowest BCUT2D eigenvalue weighted by atomic mass is 10.0. The fourth-order valence-corrected chi connectivity index (χ4v) is 1.86. The van der Waals surface area contributed by atoms with Crippen molar-refractivity contribution in [1.29, 1.82) is 0 Å². The van der Waals surface area contributed by atoms with Gasteiger partial charge in [0, 0.05) is 26.6 Å². The molecule has 1 saturated heterocycles. The Kier molecular flexibility index (Phi) is 5.69. The Morgan fingerprint density at radius 1 is 1.71 bits per heavy atom. The van der Waals surface area contributed by atoms with Gasteiger partial charge in [-0.3, -0.25) is 9.59 Å². The molecule has 1 rings (SSSR count). The molecule has 1 fully saturated rings. The number of nitrogens with zero attached hydrogens (tertiary/aromatic N) is 1. The minimum Gasteiger partial charge on any atom is -0.383 e. The van der Waals surface area contributed by atoms with Crippen molar-refractivity contribution in [3.8, 4) is 0 Å². The van der Waals surface area contributed by atoms with Crippen molar-refractivity contribution >= 4 is 11.8 Å². The van der Waals surface area contributed by atoms with E-state index < -0.39 is 0 Å². The van der Waals surface area contributed by atoms with Crippen LogP contribution in [0.3, 0.4) is 0 Å². The molecule has 1 atom stereocenters. The normalized spacial score (nSPS) is 19.6. The zero-order valence-electron chi connectivity index (χ0n) is 10.3. The minimum absolute atomic E-state index is 0.0418. The predicted molar refractivity (Wildman–Crippen MR) is 64.4 cm³/mol. The largest absolute Gasteiger partial charge is 0.383 e. The van der Waals surface area contributed by atoms with Crippen molar-refractivity contribution < 1.29 is 14.3 Å². The molecule has 0 spiro atoms. The minimum atomic E-state index is -0.381. The molecule has 96 valence electrons. The van der Waals surface area contributed by atoms with E-state index in [1.54, 1.807) is 18.1 Å². The van der Waals surface area contributed by atoms with E-state index in [4.69, 9.17) is 4.74 Å². The van der Waals surface area contributed by atoms with E-state index >= 15 is 0 Å². The maximum atomic E-state index is 12.1. The first-order valence-corrected chi connectivity index (χ1v) is 5.87. The van der Waals surface area contributed by atoms with Crippen LogP contribution in [0.5, 0.6) is 0 Å². The van der Waals surface area contributed by atoms with E-state index in [1.807, 2.05) is 0 Å². The Balaban J connectivity index is 2.55. The summed E-state index contributed by atoms with van der Waals surface area (Å²) in [7, 11) is 1.60. The monoisotopic (exact) mass is 240 g/mol. The van der Waals surface area contributed by atoms with Gasteiger partial charge in [-0.15, -0.1) is 6.58 Å². The number of carbonyl (C=O) groups is 2. The molecule has 1 heterocycles. The van der Waals surface area contributed by atoms with Crippen molar-refractivity contribution in [3.05, 3.63) is 12.7 Å². The fourth-order valence-electron chi connectivity index (χ4n) is 1.86. The van der Waals surface area contributed by atoms with E-state index in [0.717, 1.165) is 6.42 Å². The quantitative estimate of drug-likeness (QED) is 0.680. The van der Waals surface area contributed by atoms with Crippen LogP contribution in [0.25, 0.3) is 0 Å². The van der Waals surface area contributed by atoms with Gasteiger partial charge < -0.3 is 15.0 Å². The molecule has 0 bridgehead atoms. The van der Waals surface area contributed by atoms with Crippen LogP contribution in [0.4, 0.5) is 0 Å². The summed E-state index contributed by atoms with van der Waals surface area (Å²) in [6.07, 6.45) is 3.68. The molecule has 5 nitrogen and oxygen atoms in total. The zero-order valence-corrected chi connectivity index (χ0v) is 10.3. The molecule has 0 unspecified atom stereocenters. The summed E-state index contributed by atoms with van der Waals surface area (Å²) < 4.78 is 4.96. The van der Waals surface area contributed by atoms with Gasteiger partial charge >= 0.3 is 0 Å². The number of hydrogen-bond donors (Lipinski definition) is 1. The summed E-state index contributed by atoms with van der Waals surface area (Å²) >= 11 is 0. The van der Waals surface area contributed by atoms with Gasteiger partial charge in [0.2, 0.25) is 11.8 Å². The summed E-state index contributed by atoms with van der Waals surface area (Å²) in [5.41, 5.74) is 0. The number of carbonyl (C=O) groups excluding carboxylic acids is 2. The van der Waals surface area contributed by atoms with Gasteiger partial charge in [-0.2, -0.15) is 0 Å². The molecular formula is C12H20N2O3. The Bertz CT molecular complexity index is 291. The average molecular weight is 240 g/mol. The number of methoxy groups -OCH3 is 1. The number of rotatable bonds is 6. The number of nitrogens with one attached hydrogen (secondary N) is 1. The standard InChI is InChI=1S/C12H20N2O3/c1-3-7-14(8-9-17-2)12(16)10-5-4-6-11(15)13-10/h3,10H,1,4-9H2,2H3,(H,13,15)/t10-/m0/s1. The summed E-state index contributed by atoms with van der Waals surface area (Å²) in [6.45, 7) is 5.12. The third kappa shape index (κ3) is 4.19. The fraction of sp³-hybridized carbons (Fsp3) is 0.667. The molecule has 0 radical (unpaired) electrons. The second kappa shape index (κ2) is 7.06. The lowest BCUT2D eigenvalue weighted by molar-refractivity contribution is -0.138. The molecule has 1 aliphatic heterocycles. The lowest BCUT2D eigenvalue weighted by Gasteiger charge is -2.29. The van der Waals surface area contributed by atoms with E-state index in [1.165, 1.54) is 0 Å². The second-order valence-corrected chi connectivity index (χ2v) is 4.08. The number of hydrogen-bond acceptors (Lipinski definition) is 3. The summed E-state index contributed by atoms with van der Waals surface area (Å²) in [5, 5.41) is 2.73. The van der Waals surface area contributed by atoms with E-state index in [2.05, 4.69) is 11.9 Å². The van der Waals surface area contributed by atoms with E-state index in [9.17, 15) is 9.59 Å². The highest BCUT2D eigenvalue weighted by Gasteiger charge is 2.27. The van der Waals surface area contributed by atoms with Gasteiger partial charge in [0.1, 0.15) is 6.04 Å². The van der Waals surface area contributed by atoms with Crippen molar-refractivity contribution in [2.24, 2.45) is 0 Å². The molecule has 0 aromatic carbocycles. The first-order chi connectivity index (χ1) is 8.19. The van der Waals surface area contributed by atoms with Crippen molar-refractivity contribution in [3.63, 3.8) is 0 Å². The van der Waals surface area contributed by atoms with Gasteiger partial charge in [0.05, 0.1) is 6.61 Å². The van der Waals surface area contributed by atoms with Crippen LogP contribution >= 0.6 is 0 Å². The van der Waals surface area contributed by atoms with Crippen LogP contribution in [0, 0.1) is 0 Å². The molecule has 1 N–H and O–H groups in total. The third-order valence-corrected chi connectivity index (χ3v) is 2.76. The van der Waals surface area contributed by atoms with E-state index in [0.29, 0.717) is 32.5 Å². The van der Waals surface area contributed by atoms with Crippen molar-refractivity contribution in [2.45, 2.75) is 25.3 Å². The first kappa shape index (κ1) is 13.7. The average Bonchev–Trinajstić information content (AvgIpc) is 2.33. The first-order valence-electron chi connectivity index (χ1n) is 5.87. The maximum Gasteiger partial charge on any atom is 0.245 e. The van der Waals surface area contributed by atoms with Gasteiger partial charge in [-0.05, 0) is 12.8 Å². The molecular weight excluding hydrogens is 220 g/mol. The molecule has 0 aromatic rings. The van der Waals surface area contributed by atoms with Crippen LogP contribution in [-0.4, -0.2) is 49.6 Å². The van der Waals surface area contributed by atoms with Crippen LogP contribution in [0.2, 0.25) is 0 Å². The molecule has 2 amide bonds. The molecule has 0 saturated carbocycles. The van der Waals surface area contributed by atoms with Gasteiger partial charge in [-0.25, -0.2) is 0 Å². The smallest absolute Gasteiger partial charge is 0.245 e. The molecule has 5 heteroatoms. The SMILES string of the molecule is C=CCN(CCOC)C(=O)[C@@H]1CCCC(=O)N1. The predicted octanol–water partition coefficient (Wildman–Crippen LogP) is 0.316. The van der Waals surface area contributed by atoms with Crippen LogP contribution < -0.4 is 5.32 Å². The van der Waals surface area contributed by atoms with Gasteiger partial charge in [0.15, 0.2) is 0 Å². The zero-order chi connectivity index (χ0) is 12.7. The van der Waals surface area contributed by atoms with Crippen LogP contribution in [0.15, 0.2) is 12.7 Å². The molecule has 17 heavy (non-hydrogen) atoms. The summed E-state index contributed by atoms with van der Waals surface area (Å²) in [5.74, 6) is -0.0881. The Morgan fingerprint density at radius 3 is 3.06 bits per heavy atom. The number of amides is 2. The highest BCUT2D eigenvalue weighted by molar-refractivity contribution is 5.88. The second-order valence-electron chi connectivity index (χ2n) is 4.08. The van der Waals surface area contributed by atoms with Gasteiger partial charge in [-0.1, -0.05) is 6.08 Å². The van der Waals surface area contributed by atoms with E-state index in [-0.39, 0.29) is 17.9 Å². The van der Waals surface area contributed by atoms with Crippen molar-refractivity contribution in [2.75, 3.05) is 26.8 Å². The highest BCUT2D eigenvalue weighted by Crippen LogP contribution is 2.10. The Morgan fingerprint density at radius 2 is 2.47 bits per heavy atom. The molecule has 0 aliphatic carbocycles. The highest BCUT2D eigenvalue weighted by atomic mass is 16.5. The molecule has 0 aromatic heterocycles. The summed E-state index contributed by atoms with van der Waals surface area (Å²) in [6, 6.07) is -0.381. The maximum absolute atomic E-state index is 12.1. The van der Waals surface area contributed by atoms with Crippen LogP contribution in [-0.2, 0) is 14.3 Å².